The van der Waals surface area contributed by atoms with Gasteiger partial charge in [0.1, 0.15) is 11.6 Å². The van der Waals surface area contributed by atoms with Gasteiger partial charge in [-0.1, -0.05) is 36.9 Å². The summed E-state index contributed by atoms with van der Waals surface area (Å²) in [5, 5.41) is 3.76. The summed E-state index contributed by atoms with van der Waals surface area (Å²) in [5.41, 5.74) is -0.0787. The molecule has 8 nitrogen and oxygen atoms in total. The number of ether oxygens (including phenoxy) is 1. The highest BCUT2D eigenvalue weighted by Gasteiger charge is 2.52. The number of hydrogen-bond acceptors (Lipinski definition) is 6. The van der Waals surface area contributed by atoms with E-state index in [4.69, 9.17) is 16.3 Å². The van der Waals surface area contributed by atoms with E-state index < -0.39 is 11.0 Å². The van der Waals surface area contributed by atoms with Crippen LogP contribution in [0.1, 0.15) is 64.7 Å². The molecule has 0 radical (unpaired) electrons. The Bertz CT molecular complexity index is 1030. The number of hydrogen-bond donors (Lipinski definition) is 1. The molecule has 0 aromatic heterocycles. The van der Waals surface area contributed by atoms with Crippen molar-refractivity contribution >= 4 is 35.1 Å². The van der Waals surface area contributed by atoms with Crippen molar-refractivity contribution in [3.8, 4) is 0 Å². The molecule has 1 atom stereocenters. The first kappa shape index (κ1) is 27.3. The molecule has 1 saturated carbocycles. The van der Waals surface area contributed by atoms with Crippen LogP contribution in [0.4, 0.5) is 5.69 Å². The van der Waals surface area contributed by atoms with Gasteiger partial charge in [0, 0.05) is 69.9 Å². The first-order valence-electron chi connectivity index (χ1n) is 14.3. The molecular formula is C29H41ClN4O4. The van der Waals surface area contributed by atoms with Crippen molar-refractivity contribution in [1.29, 1.82) is 0 Å². The second-order valence-corrected chi connectivity index (χ2v) is 12.2. The molecule has 1 aromatic carbocycles. The fraction of sp³-hybridized carbons (Fsp3) is 0.690. The molecule has 38 heavy (non-hydrogen) atoms. The van der Waals surface area contributed by atoms with E-state index in [9.17, 15) is 14.4 Å². The number of halogens is 1. The molecule has 4 fully saturated rings. The zero-order valence-corrected chi connectivity index (χ0v) is 23.3. The van der Waals surface area contributed by atoms with Crippen LogP contribution in [0.2, 0.25) is 5.02 Å². The third-order valence-corrected chi connectivity index (χ3v) is 9.41. The van der Waals surface area contributed by atoms with Crippen molar-refractivity contribution < 1.29 is 19.1 Å². The highest BCUT2D eigenvalue weighted by atomic mass is 35.5. The van der Waals surface area contributed by atoms with Crippen LogP contribution in [0.25, 0.3) is 0 Å². The van der Waals surface area contributed by atoms with Gasteiger partial charge in [0.05, 0.1) is 5.41 Å². The van der Waals surface area contributed by atoms with E-state index in [-0.39, 0.29) is 23.9 Å². The van der Waals surface area contributed by atoms with Gasteiger partial charge in [-0.05, 0) is 50.3 Å². The van der Waals surface area contributed by atoms with Gasteiger partial charge in [-0.3, -0.25) is 19.3 Å². The lowest BCUT2D eigenvalue weighted by atomic mass is 9.74. The number of amides is 2. The quantitative estimate of drug-likeness (QED) is 0.551. The average Bonchev–Trinajstić information content (AvgIpc) is 3.22. The zero-order valence-electron chi connectivity index (χ0n) is 22.6. The van der Waals surface area contributed by atoms with E-state index in [0.717, 1.165) is 69.9 Å². The summed E-state index contributed by atoms with van der Waals surface area (Å²) in [4.78, 5) is 45.2. The van der Waals surface area contributed by atoms with Gasteiger partial charge in [-0.15, -0.1) is 0 Å². The molecule has 9 heteroatoms. The SMILES string of the molecule is CC(=O)NC1(C(=O)N2CCC3(CC2)C[C@H](CCN2CCN(c4cccc(Cl)c4)CC2)OC3=O)CCCCC1. The highest BCUT2D eigenvalue weighted by molar-refractivity contribution is 6.30. The summed E-state index contributed by atoms with van der Waals surface area (Å²) in [6.45, 7) is 7.37. The number of anilines is 1. The van der Waals surface area contributed by atoms with E-state index in [0.29, 0.717) is 38.8 Å². The Kier molecular flexibility index (Phi) is 8.19. The number of rotatable bonds is 6. The van der Waals surface area contributed by atoms with Gasteiger partial charge < -0.3 is 19.9 Å². The van der Waals surface area contributed by atoms with Crippen molar-refractivity contribution in [1.82, 2.24) is 15.1 Å². The molecule has 1 N–H and O–H groups in total. The Hall–Kier alpha value is -2.32. The molecule has 4 aliphatic rings. The molecular weight excluding hydrogens is 504 g/mol. The molecule has 208 valence electrons. The Morgan fingerprint density at radius 3 is 2.39 bits per heavy atom. The van der Waals surface area contributed by atoms with E-state index >= 15 is 0 Å². The molecule has 1 spiro atoms. The molecule has 3 aliphatic heterocycles. The highest BCUT2D eigenvalue weighted by Crippen LogP contribution is 2.44. The van der Waals surface area contributed by atoms with Gasteiger partial charge in [-0.2, -0.15) is 0 Å². The van der Waals surface area contributed by atoms with Crippen LogP contribution in [0.5, 0.6) is 0 Å². The van der Waals surface area contributed by atoms with Gasteiger partial charge in [0.25, 0.3) is 0 Å². The number of nitrogens with zero attached hydrogens (tertiary/aromatic N) is 3. The lowest BCUT2D eigenvalue weighted by Gasteiger charge is -2.43. The van der Waals surface area contributed by atoms with Gasteiger partial charge >= 0.3 is 5.97 Å². The number of nitrogens with one attached hydrogen (secondary N) is 1. The number of benzene rings is 1. The van der Waals surface area contributed by atoms with Crippen molar-refractivity contribution in [3.05, 3.63) is 29.3 Å². The molecule has 2 amide bonds. The molecule has 1 aromatic rings. The predicted octanol–water partition coefficient (Wildman–Crippen LogP) is 3.62. The number of carbonyl (C=O) groups excluding carboxylic acids is 3. The van der Waals surface area contributed by atoms with E-state index in [1.807, 2.05) is 23.1 Å². The second-order valence-electron chi connectivity index (χ2n) is 11.7. The summed E-state index contributed by atoms with van der Waals surface area (Å²) in [6, 6.07) is 8.01. The van der Waals surface area contributed by atoms with Crippen LogP contribution in [-0.4, -0.2) is 85.0 Å². The normalized spacial score (nSPS) is 25.3. The van der Waals surface area contributed by atoms with Crippen LogP contribution in [0, 0.1) is 5.41 Å². The lowest BCUT2D eigenvalue weighted by molar-refractivity contribution is -0.154. The van der Waals surface area contributed by atoms with Gasteiger partial charge in [-0.25, -0.2) is 0 Å². The number of piperidine rings is 1. The Morgan fingerprint density at radius 2 is 1.74 bits per heavy atom. The predicted molar refractivity (Wildman–Crippen MR) is 147 cm³/mol. The average molecular weight is 545 g/mol. The first-order chi connectivity index (χ1) is 18.3. The third-order valence-electron chi connectivity index (χ3n) is 9.18. The van der Waals surface area contributed by atoms with Crippen LogP contribution in [0.15, 0.2) is 24.3 Å². The van der Waals surface area contributed by atoms with Crippen LogP contribution < -0.4 is 10.2 Å². The zero-order chi connectivity index (χ0) is 26.8. The molecule has 3 saturated heterocycles. The Balaban J connectivity index is 1.09. The molecule has 0 bridgehead atoms. The third kappa shape index (κ3) is 5.81. The Morgan fingerprint density at radius 1 is 1.03 bits per heavy atom. The molecule has 0 unspecified atom stereocenters. The monoisotopic (exact) mass is 544 g/mol. The van der Waals surface area contributed by atoms with Crippen LogP contribution in [0.3, 0.4) is 0 Å². The second kappa shape index (κ2) is 11.4. The number of piperazine rings is 1. The number of carbonyl (C=O) groups is 3. The molecule has 3 heterocycles. The summed E-state index contributed by atoms with van der Waals surface area (Å²) >= 11 is 6.16. The van der Waals surface area contributed by atoms with Crippen molar-refractivity contribution in [2.45, 2.75) is 76.4 Å². The molecule has 1 aliphatic carbocycles. The maximum absolute atomic E-state index is 13.5. The summed E-state index contributed by atoms with van der Waals surface area (Å²) in [6.07, 6.45) is 7.22. The minimum Gasteiger partial charge on any atom is -0.462 e. The number of esters is 1. The van der Waals surface area contributed by atoms with Crippen LogP contribution >= 0.6 is 11.6 Å². The smallest absolute Gasteiger partial charge is 0.312 e. The largest absolute Gasteiger partial charge is 0.462 e. The first-order valence-corrected chi connectivity index (χ1v) is 14.7. The number of cyclic esters (lactones) is 1. The van der Waals surface area contributed by atoms with Gasteiger partial charge in [0.2, 0.25) is 11.8 Å². The maximum Gasteiger partial charge on any atom is 0.312 e. The minimum atomic E-state index is -0.774. The summed E-state index contributed by atoms with van der Waals surface area (Å²) < 4.78 is 5.88. The van der Waals surface area contributed by atoms with E-state index in [2.05, 4.69) is 21.2 Å². The van der Waals surface area contributed by atoms with Crippen molar-refractivity contribution in [3.63, 3.8) is 0 Å². The lowest BCUT2D eigenvalue weighted by Crippen LogP contribution is -2.61. The summed E-state index contributed by atoms with van der Waals surface area (Å²) in [5.74, 6) is -0.210. The number of likely N-dealkylation sites (tertiary alicyclic amines) is 1. The summed E-state index contributed by atoms with van der Waals surface area (Å²) in [7, 11) is 0. The van der Waals surface area contributed by atoms with Crippen LogP contribution in [-0.2, 0) is 19.1 Å². The van der Waals surface area contributed by atoms with Crippen molar-refractivity contribution in [2.24, 2.45) is 5.41 Å². The fourth-order valence-electron chi connectivity index (χ4n) is 6.96. The maximum atomic E-state index is 13.5. The molecule has 5 rings (SSSR count). The van der Waals surface area contributed by atoms with E-state index in [1.165, 1.54) is 12.6 Å². The Labute approximate surface area is 231 Å². The van der Waals surface area contributed by atoms with E-state index in [1.54, 1.807) is 0 Å². The minimum absolute atomic E-state index is 0.0297. The van der Waals surface area contributed by atoms with Gasteiger partial charge in [0.15, 0.2) is 0 Å². The fourth-order valence-corrected chi connectivity index (χ4v) is 7.15. The van der Waals surface area contributed by atoms with Crippen molar-refractivity contribution in [2.75, 3.05) is 50.7 Å². The standard InChI is InChI=1S/C29H41ClN4O4/c1-22(35)31-29(9-3-2-4-10-29)26(36)34-14-11-28(12-15-34)21-25(38-27(28)37)8-13-32-16-18-33(19-17-32)24-7-5-6-23(30)20-24/h5-7,20,25H,2-4,8-19,21H2,1H3,(H,31,35)/t25-/m0/s1. The topological polar surface area (TPSA) is 82.2 Å².